The Morgan fingerprint density at radius 1 is 1.19 bits per heavy atom. The number of thiophene rings is 1. The van der Waals surface area contributed by atoms with Crippen molar-refractivity contribution in [1.82, 2.24) is 9.97 Å². The number of thiazole rings is 1. The molecule has 3 aromatic heterocycles. The highest BCUT2D eigenvalue weighted by Gasteiger charge is 2.32. The molecule has 3 heterocycles. The number of alkyl halides is 3. The fourth-order valence-electron chi connectivity index (χ4n) is 3.40. The average molecular weight is 538 g/mol. The van der Waals surface area contributed by atoms with E-state index in [1.807, 2.05) is 31.4 Å². The summed E-state index contributed by atoms with van der Waals surface area (Å²) in [4.78, 5) is 22.3. The van der Waals surface area contributed by atoms with Crippen LogP contribution in [0.4, 0.5) is 28.5 Å². The van der Waals surface area contributed by atoms with E-state index in [0.717, 1.165) is 21.9 Å². The largest absolute Gasteiger partial charge is 0.573 e. The van der Waals surface area contributed by atoms with Crippen LogP contribution in [0.1, 0.15) is 29.1 Å². The van der Waals surface area contributed by atoms with E-state index < -0.39 is 23.9 Å². The van der Waals surface area contributed by atoms with Gasteiger partial charge in [0.1, 0.15) is 11.4 Å². The van der Waals surface area contributed by atoms with E-state index in [2.05, 4.69) is 20.0 Å². The predicted molar refractivity (Wildman–Crippen MR) is 131 cm³/mol. The zero-order valence-corrected chi connectivity index (χ0v) is 20.5. The molecule has 4 rings (SSSR count). The summed E-state index contributed by atoms with van der Waals surface area (Å²) < 4.78 is 55.6. The summed E-state index contributed by atoms with van der Waals surface area (Å²) in [6, 6.07) is 8.35. The van der Waals surface area contributed by atoms with Crippen molar-refractivity contribution in [2.75, 3.05) is 5.32 Å². The van der Waals surface area contributed by atoms with Gasteiger partial charge in [-0.15, -0.1) is 35.8 Å². The van der Waals surface area contributed by atoms with E-state index in [1.165, 1.54) is 34.8 Å². The molecule has 1 aromatic carbocycles. The van der Waals surface area contributed by atoms with E-state index in [9.17, 15) is 27.5 Å². The van der Waals surface area contributed by atoms with Gasteiger partial charge in [0.05, 0.1) is 5.69 Å². The zero-order valence-electron chi connectivity index (χ0n) is 18.9. The van der Waals surface area contributed by atoms with Gasteiger partial charge in [-0.3, -0.25) is 0 Å². The molecule has 188 valence electrons. The smallest absolute Gasteiger partial charge is 0.478 e. The third kappa shape index (κ3) is 6.00. The summed E-state index contributed by atoms with van der Waals surface area (Å²) in [5, 5.41) is 14.9. The second kappa shape index (κ2) is 10.2. The van der Waals surface area contributed by atoms with Crippen LogP contribution in [0.2, 0.25) is 0 Å². The fourth-order valence-corrected chi connectivity index (χ4v) is 5.31. The van der Waals surface area contributed by atoms with Crippen molar-refractivity contribution in [1.29, 1.82) is 0 Å². The van der Waals surface area contributed by atoms with Crippen LogP contribution in [0.3, 0.4) is 0 Å². The number of ether oxygens (including phenoxy) is 1. The lowest BCUT2D eigenvalue weighted by Crippen LogP contribution is -2.17. The number of benzene rings is 1. The number of pyridine rings is 1. The summed E-state index contributed by atoms with van der Waals surface area (Å²) in [6.07, 6.45) is -2.90. The van der Waals surface area contributed by atoms with E-state index in [1.54, 1.807) is 6.20 Å². The van der Waals surface area contributed by atoms with Crippen LogP contribution < -0.4 is 10.1 Å². The van der Waals surface area contributed by atoms with Crippen LogP contribution in [-0.2, 0) is 6.42 Å². The molecule has 12 heteroatoms. The second-order valence-electron chi connectivity index (χ2n) is 8.11. The first-order valence-electron chi connectivity index (χ1n) is 10.6. The van der Waals surface area contributed by atoms with Gasteiger partial charge in [0, 0.05) is 27.1 Å². The molecule has 0 saturated carbocycles. The monoisotopic (exact) mass is 537 g/mol. The SMILES string of the molecule is CC(C)Cc1sc(Nc2ncc(-c3cccs3)cc2C(=O)O)nc1-c1ccc(OC(F)(F)F)c(F)c1. The van der Waals surface area contributed by atoms with Gasteiger partial charge in [-0.1, -0.05) is 19.9 Å². The number of carboxylic acid groups (broad SMARTS) is 1. The van der Waals surface area contributed by atoms with Gasteiger partial charge >= 0.3 is 12.3 Å². The molecule has 6 nitrogen and oxygen atoms in total. The number of aromatic carboxylic acids is 1. The van der Waals surface area contributed by atoms with E-state index in [4.69, 9.17) is 0 Å². The molecular formula is C24H19F4N3O3S2. The van der Waals surface area contributed by atoms with Crippen LogP contribution >= 0.6 is 22.7 Å². The van der Waals surface area contributed by atoms with Crippen LogP contribution in [-0.4, -0.2) is 27.4 Å². The normalized spacial score (nSPS) is 11.6. The molecule has 0 aliphatic heterocycles. The Hall–Kier alpha value is -3.51. The van der Waals surface area contributed by atoms with Gasteiger partial charge in [0.2, 0.25) is 0 Å². The minimum atomic E-state index is -5.02. The maximum atomic E-state index is 14.4. The van der Waals surface area contributed by atoms with Crippen molar-refractivity contribution in [2.45, 2.75) is 26.6 Å². The number of hydrogen-bond donors (Lipinski definition) is 2. The van der Waals surface area contributed by atoms with E-state index in [-0.39, 0.29) is 22.9 Å². The third-order valence-electron chi connectivity index (χ3n) is 4.87. The van der Waals surface area contributed by atoms with Crippen molar-refractivity contribution < 1.29 is 32.2 Å². The highest BCUT2D eigenvalue weighted by Crippen LogP contribution is 2.37. The van der Waals surface area contributed by atoms with Gasteiger partial charge in [-0.05, 0) is 48.1 Å². The third-order valence-corrected chi connectivity index (χ3v) is 6.78. The first kappa shape index (κ1) is 25.6. The summed E-state index contributed by atoms with van der Waals surface area (Å²) >= 11 is 2.69. The minimum Gasteiger partial charge on any atom is -0.478 e. The van der Waals surface area contributed by atoms with E-state index >= 15 is 0 Å². The lowest BCUT2D eigenvalue weighted by molar-refractivity contribution is -0.275. The molecule has 36 heavy (non-hydrogen) atoms. The number of rotatable bonds is 8. The average Bonchev–Trinajstić information content (AvgIpc) is 3.44. The summed E-state index contributed by atoms with van der Waals surface area (Å²) in [5.74, 6) is -3.01. The highest BCUT2D eigenvalue weighted by molar-refractivity contribution is 7.16. The summed E-state index contributed by atoms with van der Waals surface area (Å²) in [7, 11) is 0. The summed E-state index contributed by atoms with van der Waals surface area (Å²) in [6.45, 7) is 3.95. The molecule has 0 aliphatic carbocycles. The number of nitrogens with one attached hydrogen (secondary N) is 1. The number of carboxylic acids is 1. The molecule has 0 unspecified atom stereocenters. The molecule has 0 atom stereocenters. The maximum absolute atomic E-state index is 14.4. The predicted octanol–water partition coefficient (Wildman–Crippen LogP) is 7.61. The summed E-state index contributed by atoms with van der Waals surface area (Å²) in [5.41, 5.74) is 1.25. The molecule has 2 N–H and O–H groups in total. The Balaban J connectivity index is 1.69. The number of carbonyl (C=O) groups is 1. The molecule has 0 aliphatic rings. The highest BCUT2D eigenvalue weighted by atomic mass is 32.1. The Morgan fingerprint density at radius 2 is 1.97 bits per heavy atom. The molecule has 0 saturated heterocycles. The number of halogens is 4. The first-order chi connectivity index (χ1) is 17.0. The van der Waals surface area contributed by atoms with Crippen LogP contribution in [0.25, 0.3) is 21.7 Å². The van der Waals surface area contributed by atoms with Gasteiger partial charge < -0.3 is 15.2 Å². The second-order valence-corrected chi connectivity index (χ2v) is 10.1. The van der Waals surface area contributed by atoms with Crippen LogP contribution in [0.5, 0.6) is 5.75 Å². The Kier molecular flexibility index (Phi) is 7.27. The van der Waals surface area contributed by atoms with Gasteiger partial charge in [0.25, 0.3) is 0 Å². The molecule has 4 aromatic rings. The minimum absolute atomic E-state index is 0.0530. The van der Waals surface area contributed by atoms with Crippen molar-refractivity contribution in [2.24, 2.45) is 5.92 Å². The van der Waals surface area contributed by atoms with Gasteiger partial charge in [-0.2, -0.15) is 0 Å². The number of aromatic nitrogens is 2. The zero-order chi connectivity index (χ0) is 26.0. The standard InChI is InChI=1S/C24H19F4N3O3S2/c1-12(2)8-19-20(13-5-6-17(16(25)10-13)34-24(26,27)28)30-23(36-19)31-21-15(22(32)33)9-14(11-29-21)18-4-3-7-35-18/h3-7,9-12H,8H2,1-2H3,(H,32,33)(H,29,30,31). The van der Waals surface area contributed by atoms with Gasteiger partial charge in [0.15, 0.2) is 16.7 Å². The van der Waals surface area contributed by atoms with Crippen molar-refractivity contribution in [3.8, 4) is 27.4 Å². The lowest BCUT2D eigenvalue weighted by Gasteiger charge is -2.11. The van der Waals surface area contributed by atoms with E-state index in [0.29, 0.717) is 22.8 Å². The lowest BCUT2D eigenvalue weighted by atomic mass is 10.0. The topological polar surface area (TPSA) is 84.3 Å². The molecule has 0 radical (unpaired) electrons. The number of anilines is 2. The quantitative estimate of drug-likeness (QED) is 0.225. The molecule has 0 fully saturated rings. The first-order valence-corrected chi connectivity index (χ1v) is 12.3. The van der Waals surface area contributed by atoms with Crippen molar-refractivity contribution in [3.05, 3.63) is 64.2 Å². The molecule has 0 spiro atoms. The van der Waals surface area contributed by atoms with Crippen molar-refractivity contribution in [3.63, 3.8) is 0 Å². The molecule has 0 amide bonds. The fraction of sp³-hybridized carbons (Fsp3) is 0.208. The number of hydrogen-bond acceptors (Lipinski definition) is 7. The maximum Gasteiger partial charge on any atom is 0.573 e. The molecule has 0 bridgehead atoms. The van der Waals surface area contributed by atoms with Crippen LogP contribution in [0.15, 0.2) is 48.0 Å². The van der Waals surface area contributed by atoms with Gasteiger partial charge in [-0.25, -0.2) is 19.2 Å². The Bertz CT molecular complexity index is 1390. The Morgan fingerprint density at radius 3 is 2.58 bits per heavy atom. The number of nitrogens with zero attached hydrogens (tertiary/aromatic N) is 2. The van der Waals surface area contributed by atoms with Crippen LogP contribution in [0, 0.1) is 11.7 Å². The Labute approximate surface area is 211 Å². The van der Waals surface area contributed by atoms with Crippen molar-refractivity contribution >= 4 is 39.6 Å². The molecular weight excluding hydrogens is 518 g/mol.